The van der Waals surface area contributed by atoms with E-state index in [0.29, 0.717) is 5.69 Å². The summed E-state index contributed by atoms with van der Waals surface area (Å²) in [5.74, 6) is -0.555. The van der Waals surface area contributed by atoms with E-state index < -0.39 is 12.8 Å². The number of aryl methyl sites for hydroxylation is 1. The van der Waals surface area contributed by atoms with E-state index in [0.717, 1.165) is 0 Å². The zero-order valence-electron chi connectivity index (χ0n) is 11.8. The van der Waals surface area contributed by atoms with Gasteiger partial charge in [0.2, 0.25) is 5.88 Å². The third kappa shape index (κ3) is 3.96. The van der Waals surface area contributed by atoms with Gasteiger partial charge in [-0.05, 0) is 6.07 Å². The predicted molar refractivity (Wildman–Crippen MR) is 71.7 cm³/mol. The van der Waals surface area contributed by atoms with Crippen molar-refractivity contribution in [3.63, 3.8) is 0 Å². The number of hydrogen-bond acceptors (Lipinski definition) is 4. The lowest BCUT2D eigenvalue weighted by atomic mass is 10.2. The minimum Gasteiger partial charge on any atom is -0.468 e. The van der Waals surface area contributed by atoms with E-state index in [4.69, 9.17) is 0 Å². The van der Waals surface area contributed by atoms with Gasteiger partial charge in [-0.2, -0.15) is 18.3 Å². The van der Waals surface area contributed by atoms with Crippen molar-refractivity contribution in [3.8, 4) is 5.88 Å². The fourth-order valence-corrected chi connectivity index (χ4v) is 1.64. The average Bonchev–Trinajstić information content (AvgIpc) is 2.90. The van der Waals surface area contributed by atoms with Crippen LogP contribution < -0.4 is 9.64 Å². The first kappa shape index (κ1) is 15.8. The molecule has 0 saturated carbocycles. The van der Waals surface area contributed by atoms with E-state index in [-0.39, 0.29) is 17.4 Å². The van der Waals surface area contributed by atoms with Crippen LogP contribution >= 0.6 is 0 Å². The van der Waals surface area contributed by atoms with Crippen molar-refractivity contribution >= 4 is 11.6 Å². The van der Waals surface area contributed by atoms with Crippen molar-refractivity contribution in [1.29, 1.82) is 0 Å². The van der Waals surface area contributed by atoms with E-state index in [9.17, 15) is 18.0 Å². The molecule has 9 heteroatoms. The molecule has 0 atom stereocenters. The summed E-state index contributed by atoms with van der Waals surface area (Å²) in [7, 11) is 3.28. The molecule has 0 aliphatic heterocycles. The molecule has 0 aliphatic rings. The van der Waals surface area contributed by atoms with E-state index in [1.807, 2.05) is 0 Å². The van der Waals surface area contributed by atoms with Gasteiger partial charge in [0.15, 0.2) is 6.61 Å². The molecular formula is C13H13F3N4O2. The summed E-state index contributed by atoms with van der Waals surface area (Å²) in [4.78, 5) is 17.3. The molecule has 0 spiro atoms. The summed E-state index contributed by atoms with van der Waals surface area (Å²) in [6, 6.07) is 2.57. The molecule has 0 aromatic carbocycles. The van der Waals surface area contributed by atoms with Crippen LogP contribution in [0.2, 0.25) is 0 Å². The molecule has 118 valence electrons. The van der Waals surface area contributed by atoms with Gasteiger partial charge in [-0.15, -0.1) is 0 Å². The van der Waals surface area contributed by atoms with Crippen LogP contribution in [0, 0.1) is 0 Å². The van der Waals surface area contributed by atoms with Gasteiger partial charge in [-0.1, -0.05) is 0 Å². The number of rotatable bonds is 4. The number of aromatic nitrogens is 3. The molecule has 0 unspecified atom stereocenters. The van der Waals surface area contributed by atoms with E-state index >= 15 is 0 Å². The largest absolute Gasteiger partial charge is 0.468 e. The molecule has 22 heavy (non-hydrogen) atoms. The molecule has 0 saturated heterocycles. The summed E-state index contributed by atoms with van der Waals surface area (Å²) in [6.45, 7) is -1.43. The molecule has 2 heterocycles. The van der Waals surface area contributed by atoms with E-state index in [1.165, 1.54) is 29.4 Å². The number of alkyl halides is 3. The lowest BCUT2D eigenvalue weighted by molar-refractivity contribution is -0.154. The third-order valence-corrected chi connectivity index (χ3v) is 2.75. The number of amides is 1. The molecule has 2 rings (SSSR count). The van der Waals surface area contributed by atoms with Gasteiger partial charge < -0.3 is 9.64 Å². The van der Waals surface area contributed by atoms with Crippen LogP contribution in [0.1, 0.15) is 10.4 Å². The van der Waals surface area contributed by atoms with Gasteiger partial charge in [-0.3, -0.25) is 9.48 Å². The van der Waals surface area contributed by atoms with Gasteiger partial charge >= 0.3 is 6.18 Å². The predicted octanol–water partition coefficient (Wildman–Crippen LogP) is 2.03. The van der Waals surface area contributed by atoms with Crippen molar-refractivity contribution in [1.82, 2.24) is 14.8 Å². The molecule has 0 fully saturated rings. The second-order valence-electron chi connectivity index (χ2n) is 4.53. The Morgan fingerprint density at radius 1 is 1.36 bits per heavy atom. The maximum absolute atomic E-state index is 12.2. The van der Waals surface area contributed by atoms with Crippen LogP contribution in [-0.2, 0) is 7.05 Å². The first-order chi connectivity index (χ1) is 10.3. The zero-order valence-corrected chi connectivity index (χ0v) is 11.8. The van der Waals surface area contributed by atoms with E-state index in [2.05, 4.69) is 14.8 Å². The van der Waals surface area contributed by atoms with Crippen LogP contribution in [-0.4, -0.2) is 40.5 Å². The second-order valence-corrected chi connectivity index (χ2v) is 4.53. The Labute approximate surface area is 124 Å². The smallest absolute Gasteiger partial charge is 0.422 e. The summed E-state index contributed by atoms with van der Waals surface area (Å²) < 4.78 is 42.1. The maximum atomic E-state index is 12.2. The topological polar surface area (TPSA) is 60.3 Å². The molecule has 0 aliphatic carbocycles. The molecule has 0 bridgehead atoms. The molecule has 2 aromatic heterocycles. The number of ether oxygens (including phenoxy) is 1. The van der Waals surface area contributed by atoms with Crippen LogP contribution in [0.4, 0.5) is 18.9 Å². The van der Waals surface area contributed by atoms with Crippen LogP contribution in [0.5, 0.6) is 5.88 Å². The Kier molecular flexibility index (Phi) is 4.34. The quantitative estimate of drug-likeness (QED) is 0.866. The highest BCUT2D eigenvalue weighted by Gasteiger charge is 2.28. The highest BCUT2D eigenvalue weighted by Crippen LogP contribution is 2.18. The SMILES string of the molecule is CN(C(=O)c1ccc(OCC(F)(F)F)nc1)c1cnn(C)c1. The molecule has 2 aromatic rings. The Morgan fingerprint density at radius 3 is 2.59 bits per heavy atom. The fraction of sp³-hybridized carbons (Fsp3) is 0.308. The van der Waals surface area contributed by atoms with Gasteiger partial charge in [0, 0.05) is 32.6 Å². The minimum atomic E-state index is -4.43. The number of hydrogen-bond donors (Lipinski definition) is 0. The standard InChI is InChI=1S/C13H13F3N4O2/c1-19-7-10(6-18-19)20(2)12(21)9-3-4-11(17-5-9)22-8-13(14,15)16/h3-7H,8H2,1-2H3. The van der Waals surface area contributed by atoms with Crippen LogP contribution in [0.3, 0.4) is 0 Å². The molecule has 1 amide bonds. The lowest BCUT2D eigenvalue weighted by Crippen LogP contribution is -2.26. The highest BCUT2D eigenvalue weighted by atomic mass is 19.4. The lowest BCUT2D eigenvalue weighted by Gasteiger charge is -2.15. The number of pyridine rings is 1. The normalized spacial score (nSPS) is 11.3. The van der Waals surface area contributed by atoms with Crippen molar-refractivity contribution in [2.45, 2.75) is 6.18 Å². The molecule has 0 radical (unpaired) electrons. The van der Waals surface area contributed by atoms with Crippen molar-refractivity contribution in [2.75, 3.05) is 18.6 Å². The first-order valence-electron chi connectivity index (χ1n) is 6.18. The Bertz CT molecular complexity index is 652. The van der Waals surface area contributed by atoms with Crippen LogP contribution in [0.15, 0.2) is 30.7 Å². The second kappa shape index (κ2) is 6.04. The van der Waals surface area contributed by atoms with Gasteiger partial charge in [-0.25, -0.2) is 4.98 Å². The fourth-order valence-electron chi connectivity index (χ4n) is 1.64. The number of halogens is 3. The number of nitrogens with zero attached hydrogens (tertiary/aromatic N) is 4. The van der Waals surface area contributed by atoms with Gasteiger partial charge in [0.25, 0.3) is 5.91 Å². The minimum absolute atomic E-state index is 0.196. The number of carbonyl (C=O) groups excluding carboxylic acids is 1. The monoisotopic (exact) mass is 314 g/mol. The molecule has 6 nitrogen and oxygen atoms in total. The molecular weight excluding hydrogens is 301 g/mol. The Balaban J connectivity index is 2.05. The van der Waals surface area contributed by atoms with Crippen molar-refractivity contribution < 1.29 is 22.7 Å². The summed E-state index contributed by atoms with van der Waals surface area (Å²) in [6.07, 6.45) is -0.0874. The van der Waals surface area contributed by atoms with Gasteiger partial charge in [0.05, 0.1) is 17.4 Å². The third-order valence-electron chi connectivity index (χ3n) is 2.75. The van der Waals surface area contributed by atoms with Gasteiger partial charge in [0.1, 0.15) is 0 Å². The van der Waals surface area contributed by atoms with Crippen molar-refractivity contribution in [3.05, 3.63) is 36.3 Å². The summed E-state index contributed by atoms with van der Waals surface area (Å²) in [5.41, 5.74) is 0.815. The Hall–Kier alpha value is -2.58. The van der Waals surface area contributed by atoms with E-state index in [1.54, 1.807) is 25.0 Å². The molecule has 0 N–H and O–H groups in total. The summed E-state index contributed by atoms with van der Waals surface area (Å²) in [5, 5.41) is 3.96. The Morgan fingerprint density at radius 2 is 2.09 bits per heavy atom. The number of anilines is 1. The summed E-state index contributed by atoms with van der Waals surface area (Å²) >= 11 is 0. The maximum Gasteiger partial charge on any atom is 0.422 e. The van der Waals surface area contributed by atoms with Crippen LogP contribution in [0.25, 0.3) is 0 Å². The van der Waals surface area contributed by atoms with Crippen molar-refractivity contribution in [2.24, 2.45) is 7.05 Å². The zero-order chi connectivity index (χ0) is 16.3. The average molecular weight is 314 g/mol. The number of carbonyl (C=O) groups is 1. The first-order valence-corrected chi connectivity index (χ1v) is 6.18. The highest BCUT2D eigenvalue weighted by molar-refractivity contribution is 6.05.